The van der Waals surface area contributed by atoms with Gasteiger partial charge in [-0.1, -0.05) is 12.1 Å². The number of amides is 2. The van der Waals surface area contributed by atoms with E-state index in [0.717, 1.165) is 4.47 Å². The van der Waals surface area contributed by atoms with Crippen LogP contribution in [0.4, 0.5) is 5.69 Å². The largest absolute Gasteiger partial charge is 0.506 e. The Balaban J connectivity index is 1.80. The minimum absolute atomic E-state index is 0.0105. The summed E-state index contributed by atoms with van der Waals surface area (Å²) in [4.78, 5) is 23.7. The molecule has 0 unspecified atom stereocenters. The number of carbonyl (C=O) groups excluding carboxylic acids is 2. The molecule has 0 fully saturated rings. The van der Waals surface area contributed by atoms with Gasteiger partial charge in [-0.25, -0.2) is 5.43 Å². The number of carbonyl (C=O) groups is 2. The van der Waals surface area contributed by atoms with E-state index in [-0.39, 0.29) is 30.4 Å². The van der Waals surface area contributed by atoms with E-state index in [1.807, 2.05) is 18.2 Å². The highest BCUT2D eigenvalue weighted by molar-refractivity contribution is 9.11. The first-order chi connectivity index (χ1) is 12.4. The van der Waals surface area contributed by atoms with E-state index < -0.39 is 0 Å². The van der Waals surface area contributed by atoms with Crippen LogP contribution < -0.4 is 10.7 Å². The molecule has 2 amide bonds. The number of nitrogens with one attached hydrogen (secondary N) is 2. The van der Waals surface area contributed by atoms with Crippen molar-refractivity contribution in [2.45, 2.75) is 12.8 Å². The zero-order valence-corrected chi connectivity index (χ0v) is 18.1. The number of phenols is 1. The van der Waals surface area contributed by atoms with Crippen molar-refractivity contribution >= 4 is 71.5 Å². The Kier molecular flexibility index (Phi) is 7.80. The molecule has 0 radical (unpaired) electrons. The molecular weight excluding hydrogens is 534 g/mol. The van der Waals surface area contributed by atoms with Crippen LogP contribution >= 0.6 is 47.8 Å². The maximum atomic E-state index is 11.9. The number of halogens is 3. The molecular formula is C17H14Br3N3O3. The number of hydrazone groups is 1. The number of rotatable bonds is 6. The van der Waals surface area contributed by atoms with E-state index in [2.05, 4.69) is 63.6 Å². The third kappa shape index (κ3) is 6.22. The van der Waals surface area contributed by atoms with Gasteiger partial charge in [0.15, 0.2) is 0 Å². The van der Waals surface area contributed by atoms with Gasteiger partial charge in [0.05, 0.1) is 20.8 Å². The van der Waals surface area contributed by atoms with Crippen molar-refractivity contribution in [3.8, 4) is 5.75 Å². The smallest absolute Gasteiger partial charge is 0.240 e. The van der Waals surface area contributed by atoms with Gasteiger partial charge in [-0.3, -0.25) is 9.59 Å². The van der Waals surface area contributed by atoms with Crippen LogP contribution in [0.2, 0.25) is 0 Å². The zero-order valence-electron chi connectivity index (χ0n) is 13.3. The first kappa shape index (κ1) is 20.6. The summed E-state index contributed by atoms with van der Waals surface area (Å²) in [5.74, 6) is -0.551. The van der Waals surface area contributed by atoms with Crippen molar-refractivity contribution in [3.05, 3.63) is 55.4 Å². The number of aromatic hydroxyl groups is 1. The topological polar surface area (TPSA) is 90.8 Å². The predicted molar refractivity (Wildman–Crippen MR) is 111 cm³/mol. The lowest BCUT2D eigenvalue weighted by atomic mass is 10.2. The number of nitrogens with zero attached hydrogens (tertiary/aromatic N) is 1. The molecule has 3 N–H and O–H groups in total. The first-order valence-corrected chi connectivity index (χ1v) is 9.79. The van der Waals surface area contributed by atoms with Gasteiger partial charge in [0, 0.05) is 17.3 Å². The molecule has 0 aromatic heterocycles. The number of phenolic OH excluding ortho intramolecular Hbond substituents is 1. The third-order valence-electron chi connectivity index (χ3n) is 3.17. The van der Waals surface area contributed by atoms with Crippen LogP contribution in [0.1, 0.15) is 18.4 Å². The molecule has 0 saturated heterocycles. The van der Waals surface area contributed by atoms with Crippen LogP contribution in [-0.2, 0) is 9.59 Å². The van der Waals surface area contributed by atoms with E-state index in [1.165, 1.54) is 6.21 Å². The SMILES string of the molecule is O=C(CCC(=O)Nc1ccccc1Br)N/N=C\c1cc(Br)c(O)c(Br)c1. The summed E-state index contributed by atoms with van der Waals surface area (Å²) < 4.78 is 1.78. The first-order valence-electron chi connectivity index (χ1n) is 7.41. The molecule has 6 nitrogen and oxygen atoms in total. The summed E-state index contributed by atoms with van der Waals surface area (Å²) in [7, 11) is 0. The number of hydrogen-bond acceptors (Lipinski definition) is 4. The van der Waals surface area contributed by atoms with Gasteiger partial charge in [-0.15, -0.1) is 0 Å². The normalized spacial score (nSPS) is 10.7. The highest BCUT2D eigenvalue weighted by atomic mass is 79.9. The van der Waals surface area contributed by atoms with E-state index in [0.29, 0.717) is 20.2 Å². The molecule has 2 rings (SSSR count). The van der Waals surface area contributed by atoms with Crippen molar-refractivity contribution in [2.75, 3.05) is 5.32 Å². The molecule has 0 saturated carbocycles. The van der Waals surface area contributed by atoms with Gasteiger partial charge in [0.1, 0.15) is 5.75 Å². The molecule has 2 aromatic rings. The molecule has 9 heteroatoms. The Morgan fingerprint density at radius 2 is 1.62 bits per heavy atom. The van der Waals surface area contributed by atoms with Gasteiger partial charge in [-0.2, -0.15) is 5.10 Å². The van der Waals surface area contributed by atoms with Crippen molar-refractivity contribution in [2.24, 2.45) is 5.10 Å². The standard InChI is InChI=1S/C17H14Br3N3O3/c18-11-3-1-2-4-14(11)22-15(24)5-6-16(25)23-21-9-10-7-12(19)17(26)13(20)8-10/h1-4,7-9,26H,5-6H2,(H,22,24)(H,23,25)/b21-9-. The van der Waals surface area contributed by atoms with Gasteiger partial charge in [0.25, 0.3) is 0 Å². The minimum atomic E-state index is -0.375. The van der Waals surface area contributed by atoms with Crippen LogP contribution in [0.25, 0.3) is 0 Å². The molecule has 0 bridgehead atoms. The van der Waals surface area contributed by atoms with Crippen molar-refractivity contribution in [1.82, 2.24) is 5.43 Å². The molecule has 0 aliphatic heterocycles. The van der Waals surface area contributed by atoms with Crippen LogP contribution in [0.3, 0.4) is 0 Å². The van der Waals surface area contributed by atoms with E-state index >= 15 is 0 Å². The van der Waals surface area contributed by atoms with E-state index in [4.69, 9.17) is 0 Å². The van der Waals surface area contributed by atoms with E-state index in [9.17, 15) is 14.7 Å². The maximum absolute atomic E-state index is 11.9. The second kappa shape index (κ2) is 9.84. The lowest BCUT2D eigenvalue weighted by Crippen LogP contribution is -2.20. The molecule has 0 atom stereocenters. The molecule has 0 heterocycles. The van der Waals surface area contributed by atoms with Gasteiger partial charge in [0.2, 0.25) is 11.8 Å². The van der Waals surface area contributed by atoms with Crippen LogP contribution in [0.5, 0.6) is 5.75 Å². The van der Waals surface area contributed by atoms with Crippen molar-refractivity contribution in [1.29, 1.82) is 0 Å². The average Bonchev–Trinajstić information content (AvgIpc) is 2.60. The maximum Gasteiger partial charge on any atom is 0.240 e. The summed E-state index contributed by atoms with van der Waals surface area (Å²) in [6.07, 6.45) is 1.49. The molecule has 0 aliphatic rings. The fourth-order valence-electron chi connectivity index (χ4n) is 1.90. The Morgan fingerprint density at radius 1 is 1.00 bits per heavy atom. The summed E-state index contributed by atoms with van der Waals surface area (Å²) in [5.41, 5.74) is 3.69. The molecule has 2 aromatic carbocycles. The van der Waals surface area contributed by atoms with Gasteiger partial charge >= 0.3 is 0 Å². The Bertz CT molecular complexity index is 833. The summed E-state index contributed by atoms with van der Waals surface area (Å²) in [6, 6.07) is 10.5. The summed E-state index contributed by atoms with van der Waals surface area (Å²) in [6.45, 7) is 0. The van der Waals surface area contributed by atoms with Crippen LogP contribution in [0.15, 0.2) is 54.9 Å². The van der Waals surface area contributed by atoms with Crippen molar-refractivity contribution < 1.29 is 14.7 Å². The fourth-order valence-corrected chi connectivity index (χ4v) is 3.50. The van der Waals surface area contributed by atoms with Gasteiger partial charge in [-0.05, 0) is 77.6 Å². The van der Waals surface area contributed by atoms with Crippen molar-refractivity contribution in [3.63, 3.8) is 0 Å². The number of anilines is 1. The summed E-state index contributed by atoms with van der Waals surface area (Å²) in [5, 5.41) is 16.2. The Labute approximate surface area is 175 Å². The highest BCUT2D eigenvalue weighted by Crippen LogP contribution is 2.32. The zero-order chi connectivity index (χ0) is 19.1. The predicted octanol–water partition coefficient (Wildman–Crippen LogP) is 4.55. The number of benzene rings is 2. The second-order valence-electron chi connectivity index (χ2n) is 5.15. The monoisotopic (exact) mass is 545 g/mol. The number of para-hydroxylation sites is 1. The Hall–Kier alpha value is -1.71. The molecule has 0 aliphatic carbocycles. The quantitative estimate of drug-likeness (QED) is 0.366. The van der Waals surface area contributed by atoms with Crippen LogP contribution in [-0.4, -0.2) is 23.1 Å². The lowest BCUT2D eigenvalue weighted by Gasteiger charge is -2.06. The highest BCUT2D eigenvalue weighted by Gasteiger charge is 2.08. The second-order valence-corrected chi connectivity index (χ2v) is 7.72. The molecule has 26 heavy (non-hydrogen) atoms. The fraction of sp³-hybridized carbons (Fsp3) is 0.118. The molecule has 136 valence electrons. The van der Waals surface area contributed by atoms with Crippen LogP contribution in [0, 0.1) is 0 Å². The average molecular weight is 548 g/mol. The summed E-state index contributed by atoms with van der Waals surface area (Å²) >= 11 is 9.77. The Morgan fingerprint density at radius 3 is 2.27 bits per heavy atom. The third-order valence-corrected chi connectivity index (χ3v) is 5.07. The van der Waals surface area contributed by atoms with Gasteiger partial charge < -0.3 is 10.4 Å². The minimum Gasteiger partial charge on any atom is -0.506 e. The molecule has 0 spiro atoms. The number of hydrogen-bond donors (Lipinski definition) is 3. The lowest BCUT2D eigenvalue weighted by molar-refractivity contribution is -0.124. The van der Waals surface area contributed by atoms with E-state index in [1.54, 1.807) is 18.2 Å².